The van der Waals surface area contributed by atoms with Crippen molar-refractivity contribution >= 4 is 0 Å². The molecule has 0 saturated heterocycles. The third kappa shape index (κ3) is 8.94. The van der Waals surface area contributed by atoms with Crippen molar-refractivity contribution in [3.63, 3.8) is 0 Å². The van der Waals surface area contributed by atoms with Crippen LogP contribution in [0, 0.1) is 23.7 Å². The fourth-order valence-corrected chi connectivity index (χ4v) is 6.58. The molecule has 0 heteroatoms. The molecule has 31 heavy (non-hydrogen) atoms. The lowest BCUT2D eigenvalue weighted by atomic mass is 9.68. The Labute approximate surface area is 195 Å². The van der Waals surface area contributed by atoms with Crippen LogP contribution in [0.3, 0.4) is 0 Å². The summed E-state index contributed by atoms with van der Waals surface area (Å²) >= 11 is 0. The SMILES string of the molecule is CCCCCC[C@H]1CC[C@H]([C@H]2CC[C@H](CCc3ccc(CCCCC)cc3)CC2)CC1. The summed E-state index contributed by atoms with van der Waals surface area (Å²) in [5, 5.41) is 0. The average Bonchev–Trinajstić information content (AvgIpc) is 2.82. The Morgan fingerprint density at radius 1 is 0.516 bits per heavy atom. The van der Waals surface area contributed by atoms with E-state index in [2.05, 4.69) is 38.1 Å². The molecule has 0 bridgehead atoms. The van der Waals surface area contributed by atoms with E-state index >= 15 is 0 Å². The van der Waals surface area contributed by atoms with Gasteiger partial charge in [-0.15, -0.1) is 0 Å². The second kappa shape index (κ2) is 14.4. The van der Waals surface area contributed by atoms with Gasteiger partial charge in [0.2, 0.25) is 0 Å². The van der Waals surface area contributed by atoms with Crippen LogP contribution in [0.1, 0.15) is 134 Å². The van der Waals surface area contributed by atoms with E-state index in [9.17, 15) is 0 Å². The van der Waals surface area contributed by atoms with Crippen molar-refractivity contribution in [1.82, 2.24) is 0 Å². The topological polar surface area (TPSA) is 0 Å². The number of benzene rings is 1. The Kier molecular flexibility index (Phi) is 11.5. The van der Waals surface area contributed by atoms with E-state index in [0.717, 1.165) is 23.7 Å². The Balaban J connectivity index is 1.28. The van der Waals surface area contributed by atoms with Gasteiger partial charge < -0.3 is 0 Å². The van der Waals surface area contributed by atoms with E-state index in [1.807, 2.05) is 0 Å². The summed E-state index contributed by atoms with van der Waals surface area (Å²) < 4.78 is 0. The largest absolute Gasteiger partial charge is 0.0654 e. The van der Waals surface area contributed by atoms with Crippen LogP contribution in [0.5, 0.6) is 0 Å². The van der Waals surface area contributed by atoms with Crippen molar-refractivity contribution in [1.29, 1.82) is 0 Å². The maximum absolute atomic E-state index is 2.41. The summed E-state index contributed by atoms with van der Waals surface area (Å²) in [6.07, 6.45) is 27.6. The van der Waals surface area contributed by atoms with Gasteiger partial charge in [-0.2, -0.15) is 0 Å². The quantitative estimate of drug-likeness (QED) is 0.276. The highest BCUT2D eigenvalue weighted by Crippen LogP contribution is 2.43. The molecule has 0 spiro atoms. The first-order chi connectivity index (χ1) is 15.3. The highest BCUT2D eigenvalue weighted by molar-refractivity contribution is 5.22. The Morgan fingerprint density at radius 3 is 1.55 bits per heavy atom. The van der Waals surface area contributed by atoms with Gasteiger partial charge in [0.25, 0.3) is 0 Å². The van der Waals surface area contributed by atoms with Crippen LogP contribution in [-0.2, 0) is 12.8 Å². The van der Waals surface area contributed by atoms with Gasteiger partial charge in [-0.25, -0.2) is 0 Å². The molecule has 0 aromatic heterocycles. The molecule has 176 valence electrons. The van der Waals surface area contributed by atoms with Crippen LogP contribution in [0.2, 0.25) is 0 Å². The maximum atomic E-state index is 2.41. The van der Waals surface area contributed by atoms with Gasteiger partial charge in [0.1, 0.15) is 0 Å². The van der Waals surface area contributed by atoms with E-state index in [1.54, 1.807) is 31.2 Å². The predicted octanol–water partition coefficient (Wildman–Crippen LogP) is 9.94. The Bertz CT molecular complexity index is 554. The summed E-state index contributed by atoms with van der Waals surface area (Å²) in [5.74, 6) is 4.21. The molecule has 2 fully saturated rings. The summed E-state index contributed by atoms with van der Waals surface area (Å²) in [7, 11) is 0. The second-order valence-electron chi connectivity index (χ2n) is 11.2. The van der Waals surface area contributed by atoms with Crippen molar-refractivity contribution < 1.29 is 0 Å². The van der Waals surface area contributed by atoms with Gasteiger partial charge in [0.15, 0.2) is 0 Å². The van der Waals surface area contributed by atoms with Crippen LogP contribution in [-0.4, -0.2) is 0 Å². The molecule has 1 aromatic rings. The maximum Gasteiger partial charge on any atom is -0.0276 e. The number of unbranched alkanes of at least 4 members (excludes halogenated alkanes) is 5. The number of hydrogen-bond acceptors (Lipinski definition) is 0. The zero-order valence-electron chi connectivity index (χ0n) is 21.1. The molecule has 0 amide bonds. The minimum absolute atomic E-state index is 0.996. The van der Waals surface area contributed by atoms with Gasteiger partial charge in [0, 0.05) is 0 Å². The average molecular weight is 425 g/mol. The lowest BCUT2D eigenvalue weighted by Gasteiger charge is -2.38. The van der Waals surface area contributed by atoms with Gasteiger partial charge in [-0.3, -0.25) is 0 Å². The highest BCUT2D eigenvalue weighted by Gasteiger charge is 2.30. The second-order valence-corrected chi connectivity index (χ2v) is 11.2. The van der Waals surface area contributed by atoms with Gasteiger partial charge in [-0.05, 0) is 86.2 Å². The molecule has 0 atom stereocenters. The molecule has 0 aliphatic heterocycles. The molecule has 3 rings (SSSR count). The lowest BCUT2D eigenvalue weighted by Crippen LogP contribution is -2.26. The third-order valence-corrected chi connectivity index (χ3v) is 8.85. The van der Waals surface area contributed by atoms with Crippen LogP contribution >= 0.6 is 0 Å². The van der Waals surface area contributed by atoms with Crippen molar-refractivity contribution in [2.75, 3.05) is 0 Å². The van der Waals surface area contributed by atoms with Crippen LogP contribution in [0.4, 0.5) is 0 Å². The normalized spacial score (nSPS) is 26.8. The van der Waals surface area contributed by atoms with Crippen molar-refractivity contribution in [2.45, 2.75) is 136 Å². The van der Waals surface area contributed by atoms with Crippen molar-refractivity contribution in [2.24, 2.45) is 23.7 Å². The van der Waals surface area contributed by atoms with Crippen LogP contribution < -0.4 is 0 Å². The summed E-state index contributed by atoms with van der Waals surface area (Å²) in [6, 6.07) is 9.60. The van der Waals surface area contributed by atoms with Crippen molar-refractivity contribution in [3.05, 3.63) is 35.4 Å². The van der Waals surface area contributed by atoms with Crippen molar-refractivity contribution in [3.8, 4) is 0 Å². The lowest BCUT2D eigenvalue weighted by molar-refractivity contribution is 0.140. The molecule has 2 aliphatic carbocycles. The first kappa shape index (κ1) is 24.9. The smallest absolute Gasteiger partial charge is 0.0276 e. The van der Waals surface area contributed by atoms with Gasteiger partial charge >= 0.3 is 0 Å². The van der Waals surface area contributed by atoms with Gasteiger partial charge in [0.05, 0.1) is 0 Å². The van der Waals surface area contributed by atoms with E-state index < -0.39 is 0 Å². The monoisotopic (exact) mass is 424 g/mol. The molecule has 1 aromatic carbocycles. The van der Waals surface area contributed by atoms with Crippen LogP contribution in [0.25, 0.3) is 0 Å². The first-order valence-corrected chi connectivity index (χ1v) is 14.4. The molecular formula is C31H52. The van der Waals surface area contributed by atoms with Gasteiger partial charge in [-0.1, -0.05) is 109 Å². The number of hydrogen-bond donors (Lipinski definition) is 0. The minimum Gasteiger partial charge on any atom is -0.0654 e. The highest BCUT2D eigenvalue weighted by atomic mass is 14.4. The van der Waals surface area contributed by atoms with E-state index in [-0.39, 0.29) is 0 Å². The van der Waals surface area contributed by atoms with Crippen LogP contribution in [0.15, 0.2) is 24.3 Å². The molecule has 0 heterocycles. The third-order valence-electron chi connectivity index (χ3n) is 8.85. The summed E-state index contributed by atoms with van der Waals surface area (Å²) in [4.78, 5) is 0. The predicted molar refractivity (Wildman–Crippen MR) is 138 cm³/mol. The zero-order valence-corrected chi connectivity index (χ0v) is 21.1. The van der Waals surface area contributed by atoms with E-state index in [4.69, 9.17) is 0 Å². The minimum atomic E-state index is 0.996. The molecule has 0 radical (unpaired) electrons. The fourth-order valence-electron chi connectivity index (χ4n) is 6.58. The molecule has 2 saturated carbocycles. The van der Waals surface area contributed by atoms with E-state index in [1.165, 1.54) is 102 Å². The first-order valence-electron chi connectivity index (χ1n) is 14.4. The zero-order chi connectivity index (χ0) is 21.7. The summed E-state index contributed by atoms with van der Waals surface area (Å²) in [5.41, 5.74) is 3.10. The molecule has 0 unspecified atom stereocenters. The Morgan fingerprint density at radius 2 is 1.00 bits per heavy atom. The molecule has 0 N–H and O–H groups in total. The van der Waals surface area contributed by atoms with E-state index in [0.29, 0.717) is 0 Å². The number of rotatable bonds is 13. The summed E-state index contributed by atoms with van der Waals surface area (Å²) in [6.45, 7) is 4.62. The standard InChI is InChI=1S/C31H52/c1-3-5-7-9-11-27-18-22-30(23-19-27)31-24-20-29(21-25-31)17-16-28-14-12-26(13-15-28)10-8-6-4-2/h12-15,27,29-31H,3-11,16-25H2,1-2H3/t27-,29-,30-,31-. The molecule has 2 aliphatic rings. The fraction of sp³-hybridized carbons (Fsp3) is 0.806. The molecular weight excluding hydrogens is 372 g/mol. The number of aryl methyl sites for hydroxylation is 2. The Hall–Kier alpha value is -0.780. The molecule has 0 nitrogen and oxygen atoms in total.